The number of carboxylic acids is 1. The van der Waals surface area contributed by atoms with E-state index in [0.29, 0.717) is 5.92 Å². The van der Waals surface area contributed by atoms with Crippen molar-refractivity contribution in [1.29, 1.82) is 0 Å². The average Bonchev–Trinajstić information content (AvgIpc) is 2.33. The molecule has 1 aromatic rings. The number of aliphatic carboxylic acids is 1. The second-order valence-electron chi connectivity index (χ2n) is 5.05. The Morgan fingerprint density at radius 2 is 2.22 bits per heavy atom. The van der Waals surface area contributed by atoms with Crippen molar-refractivity contribution in [3.05, 3.63) is 35.4 Å². The molecular weight excluding hydrogens is 226 g/mol. The summed E-state index contributed by atoms with van der Waals surface area (Å²) >= 11 is 0. The SMILES string of the molecule is C/C(=C/C(=O)O)c1ccc2c(c1)C(C)CCN2C. The van der Waals surface area contributed by atoms with Crippen LogP contribution in [-0.4, -0.2) is 24.7 Å². The monoisotopic (exact) mass is 245 g/mol. The quantitative estimate of drug-likeness (QED) is 0.814. The lowest BCUT2D eigenvalue weighted by molar-refractivity contribution is -0.131. The highest BCUT2D eigenvalue weighted by atomic mass is 16.4. The number of hydrogen-bond acceptors (Lipinski definition) is 2. The zero-order chi connectivity index (χ0) is 13.3. The Kier molecular flexibility index (Phi) is 3.41. The van der Waals surface area contributed by atoms with E-state index in [4.69, 9.17) is 5.11 Å². The highest BCUT2D eigenvalue weighted by molar-refractivity contribution is 5.89. The van der Waals surface area contributed by atoms with E-state index in [1.807, 2.05) is 13.0 Å². The van der Waals surface area contributed by atoms with Crippen LogP contribution in [0.15, 0.2) is 24.3 Å². The fraction of sp³-hybridized carbons (Fsp3) is 0.400. The molecule has 0 aromatic heterocycles. The van der Waals surface area contributed by atoms with Crippen molar-refractivity contribution < 1.29 is 9.90 Å². The van der Waals surface area contributed by atoms with Crippen LogP contribution in [0.5, 0.6) is 0 Å². The molecule has 0 aliphatic carbocycles. The molecule has 0 fully saturated rings. The maximum absolute atomic E-state index is 10.7. The Morgan fingerprint density at radius 3 is 2.89 bits per heavy atom. The standard InChI is InChI=1S/C15H19NO2/c1-10-6-7-16(3)14-5-4-12(9-13(10)14)11(2)8-15(17)18/h4-5,8-10H,6-7H2,1-3H3,(H,17,18)/b11-8-. The molecule has 0 amide bonds. The van der Waals surface area contributed by atoms with Gasteiger partial charge in [0.25, 0.3) is 0 Å². The van der Waals surface area contributed by atoms with E-state index in [0.717, 1.165) is 24.1 Å². The van der Waals surface area contributed by atoms with Crippen LogP contribution in [0.3, 0.4) is 0 Å². The molecule has 3 heteroatoms. The molecule has 18 heavy (non-hydrogen) atoms. The van der Waals surface area contributed by atoms with Crippen molar-refractivity contribution in [3.63, 3.8) is 0 Å². The number of nitrogens with zero attached hydrogens (tertiary/aromatic N) is 1. The summed E-state index contributed by atoms with van der Waals surface area (Å²) < 4.78 is 0. The van der Waals surface area contributed by atoms with Gasteiger partial charge in [-0.2, -0.15) is 0 Å². The summed E-state index contributed by atoms with van der Waals surface area (Å²) in [6.45, 7) is 5.15. The molecule has 1 atom stereocenters. The van der Waals surface area contributed by atoms with Gasteiger partial charge >= 0.3 is 5.97 Å². The average molecular weight is 245 g/mol. The van der Waals surface area contributed by atoms with Crippen LogP contribution in [0.25, 0.3) is 5.57 Å². The summed E-state index contributed by atoms with van der Waals surface area (Å²) in [4.78, 5) is 13.0. The Labute approximate surface area is 108 Å². The molecule has 1 heterocycles. The molecule has 0 saturated carbocycles. The van der Waals surface area contributed by atoms with E-state index >= 15 is 0 Å². The highest BCUT2D eigenvalue weighted by Crippen LogP contribution is 2.35. The Hall–Kier alpha value is -1.77. The molecule has 96 valence electrons. The first kappa shape index (κ1) is 12.7. The number of hydrogen-bond donors (Lipinski definition) is 1. The Balaban J connectivity index is 2.43. The number of carboxylic acid groups (broad SMARTS) is 1. The summed E-state index contributed by atoms with van der Waals surface area (Å²) in [6.07, 6.45) is 2.41. The number of anilines is 1. The van der Waals surface area contributed by atoms with Gasteiger partial charge in [-0.25, -0.2) is 4.79 Å². The number of fused-ring (bicyclic) bond motifs is 1. The maximum atomic E-state index is 10.7. The van der Waals surface area contributed by atoms with Crippen molar-refractivity contribution >= 4 is 17.2 Å². The Morgan fingerprint density at radius 1 is 1.50 bits per heavy atom. The number of rotatable bonds is 2. The zero-order valence-corrected chi connectivity index (χ0v) is 11.1. The lowest BCUT2D eigenvalue weighted by Gasteiger charge is -2.32. The lowest BCUT2D eigenvalue weighted by Crippen LogP contribution is -2.26. The third-order valence-electron chi connectivity index (χ3n) is 3.66. The number of benzene rings is 1. The molecule has 0 saturated heterocycles. The fourth-order valence-corrected chi connectivity index (χ4v) is 2.47. The van der Waals surface area contributed by atoms with E-state index in [1.165, 1.54) is 17.3 Å². The maximum Gasteiger partial charge on any atom is 0.328 e. The van der Waals surface area contributed by atoms with Gasteiger partial charge in [0.05, 0.1) is 0 Å². The second kappa shape index (κ2) is 4.84. The summed E-state index contributed by atoms with van der Waals surface area (Å²) in [5.41, 5.74) is 4.38. The highest BCUT2D eigenvalue weighted by Gasteiger charge is 2.20. The fourth-order valence-electron chi connectivity index (χ4n) is 2.47. The summed E-state index contributed by atoms with van der Waals surface area (Å²) in [6, 6.07) is 6.23. The first-order valence-corrected chi connectivity index (χ1v) is 6.25. The van der Waals surface area contributed by atoms with E-state index in [-0.39, 0.29) is 0 Å². The number of carbonyl (C=O) groups is 1. The third-order valence-corrected chi connectivity index (χ3v) is 3.66. The van der Waals surface area contributed by atoms with Crippen LogP contribution in [0.1, 0.15) is 37.3 Å². The number of allylic oxidation sites excluding steroid dienone is 1. The van der Waals surface area contributed by atoms with Crippen LogP contribution in [0, 0.1) is 0 Å². The van der Waals surface area contributed by atoms with Gasteiger partial charge in [-0.3, -0.25) is 0 Å². The molecule has 0 spiro atoms. The minimum absolute atomic E-state index is 0.536. The van der Waals surface area contributed by atoms with Crippen molar-refractivity contribution in [2.45, 2.75) is 26.2 Å². The van der Waals surface area contributed by atoms with Crippen LogP contribution in [-0.2, 0) is 4.79 Å². The molecule has 3 nitrogen and oxygen atoms in total. The molecule has 1 N–H and O–H groups in total. The predicted octanol–water partition coefficient (Wildman–Crippen LogP) is 3.12. The summed E-state index contributed by atoms with van der Waals surface area (Å²) in [7, 11) is 2.10. The normalized spacial score (nSPS) is 19.6. The van der Waals surface area contributed by atoms with Crippen molar-refractivity contribution in [2.24, 2.45) is 0 Å². The molecular formula is C15H19NO2. The van der Waals surface area contributed by atoms with Crippen molar-refractivity contribution in [1.82, 2.24) is 0 Å². The molecule has 1 aromatic carbocycles. The molecule has 0 bridgehead atoms. The molecule has 1 aliphatic rings. The lowest BCUT2D eigenvalue weighted by atomic mass is 9.89. The van der Waals surface area contributed by atoms with E-state index in [2.05, 4.69) is 31.0 Å². The van der Waals surface area contributed by atoms with Gasteiger partial charge in [-0.15, -0.1) is 0 Å². The van der Waals surface area contributed by atoms with Gasteiger partial charge < -0.3 is 10.0 Å². The Bertz CT molecular complexity index is 505. The first-order valence-electron chi connectivity index (χ1n) is 6.25. The minimum atomic E-state index is -0.893. The molecule has 0 radical (unpaired) electrons. The summed E-state index contributed by atoms with van der Waals surface area (Å²) in [5, 5.41) is 8.79. The zero-order valence-electron chi connectivity index (χ0n) is 11.1. The van der Waals surface area contributed by atoms with Crippen molar-refractivity contribution in [2.75, 3.05) is 18.5 Å². The molecule has 2 rings (SSSR count). The molecule has 1 unspecified atom stereocenters. The van der Waals surface area contributed by atoms with Gasteiger partial charge in [-0.1, -0.05) is 13.0 Å². The van der Waals surface area contributed by atoms with Crippen LogP contribution in [0.2, 0.25) is 0 Å². The first-order chi connectivity index (χ1) is 8.49. The van der Waals surface area contributed by atoms with Gasteiger partial charge in [-0.05, 0) is 48.1 Å². The third kappa shape index (κ3) is 2.40. The van der Waals surface area contributed by atoms with E-state index in [9.17, 15) is 4.79 Å². The van der Waals surface area contributed by atoms with E-state index in [1.54, 1.807) is 0 Å². The van der Waals surface area contributed by atoms with Gasteiger partial charge in [0.15, 0.2) is 0 Å². The smallest absolute Gasteiger partial charge is 0.328 e. The predicted molar refractivity (Wildman–Crippen MR) is 74.0 cm³/mol. The van der Waals surface area contributed by atoms with E-state index < -0.39 is 5.97 Å². The van der Waals surface area contributed by atoms with Crippen LogP contribution >= 0.6 is 0 Å². The van der Waals surface area contributed by atoms with Crippen LogP contribution < -0.4 is 4.90 Å². The molecule has 1 aliphatic heterocycles. The topological polar surface area (TPSA) is 40.5 Å². The van der Waals surface area contributed by atoms with Gasteiger partial charge in [0.1, 0.15) is 0 Å². The summed E-state index contributed by atoms with van der Waals surface area (Å²) in [5.74, 6) is -0.357. The largest absolute Gasteiger partial charge is 0.478 e. The minimum Gasteiger partial charge on any atom is -0.478 e. The van der Waals surface area contributed by atoms with Gasteiger partial charge in [0.2, 0.25) is 0 Å². The van der Waals surface area contributed by atoms with Crippen LogP contribution in [0.4, 0.5) is 5.69 Å². The van der Waals surface area contributed by atoms with Crippen molar-refractivity contribution in [3.8, 4) is 0 Å². The second-order valence-corrected chi connectivity index (χ2v) is 5.05. The van der Waals surface area contributed by atoms with Gasteiger partial charge in [0, 0.05) is 25.4 Å².